The van der Waals surface area contributed by atoms with E-state index in [1.54, 1.807) is 48.5 Å². The van der Waals surface area contributed by atoms with Gasteiger partial charge in [-0.25, -0.2) is 4.39 Å². The molecule has 7 heteroatoms. The Morgan fingerprint density at radius 3 is 2.42 bits per heavy atom. The van der Waals surface area contributed by atoms with Crippen LogP contribution in [-0.4, -0.2) is 22.6 Å². The van der Waals surface area contributed by atoms with E-state index in [1.807, 2.05) is 0 Å². The molecule has 0 bridgehead atoms. The second kappa shape index (κ2) is 8.40. The molecule has 0 fully saturated rings. The number of carbonyl (C=O) groups is 1. The quantitative estimate of drug-likeness (QED) is 0.683. The maximum atomic E-state index is 12.9. The van der Waals surface area contributed by atoms with Crippen molar-refractivity contribution in [2.24, 2.45) is 0 Å². The first-order chi connectivity index (χ1) is 12.6. The standard InChI is InChI=1S/C19H16ClFN4O/c20-15-3-1-2-14(12-15)19(26)23-18-9-8-17(24-25-18)22-11-10-13-4-6-16(21)7-5-13/h1-9,12H,10-11H2,(H,22,24)(H,23,25,26). The smallest absolute Gasteiger partial charge is 0.256 e. The summed E-state index contributed by atoms with van der Waals surface area (Å²) in [4.78, 5) is 12.1. The van der Waals surface area contributed by atoms with Gasteiger partial charge in [-0.1, -0.05) is 29.8 Å². The lowest BCUT2D eigenvalue weighted by atomic mass is 10.1. The predicted molar refractivity (Wildman–Crippen MR) is 100 cm³/mol. The van der Waals surface area contributed by atoms with Crippen LogP contribution in [0.1, 0.15) is 15.9 Å². The lowest BCUT2D eigenvalue weighted by molar-refractivity contribution is 0.102. The first-order valence-electron chi connectivity index (χ1n) is 7.99. The van der Waals surface area contributed by atoms with Crippen LogP contribution < -0.4 is 10.6 Å². The normalized spacial score (nSPS) is 10.4. The van der Waals surface area contributed by atoms with Crippen LogP contribution in [0.4, 0.5) is 16.0 Å². The topological polar surface area (TPSA) is 66.9 Å². The van der Waals surface area contributed by atoms with Crippen molar-refractivity contribution in [3.63, 3.8) is 0 Å². The number of hydrogen-bond donors (Lipinski definition) is 2. The highest BCUT2D eigenvalue weighted by Crippen LogP contribution is 2.13. The van der Waals surface area contributed by atoms with Gasteiger partial charge in [-0.15, -0.1) is 10.2 Å². The molecular weight excluding hydrogens is 355 g/mol. The van der Waals surface area contributed by atoms with E-state index < -0.39 is 0 Å². The van der Waals surface area contributed by atoms with Crippen LogP contribution in [0.2, 0.25) is 5.02 Å². The van der Waals surface area contributed by atoms with Crippen molar-refractivity contribution in [3.05, 3.63) is 82.6 Å². The fourth-order valence-corrected chi connectivity index (χ4v) is 2.49. The van der Waals surface area contributed by atoms with Gasteiger partial charge in [0, 0.05) is 17.1 Å². The zero-order valence-corrected chi connectivity index (χ0v) is 14.5. The molecule has 1 amide bonds. The van der Waals surface area contributed by atoms with Crippen molar-refractivity contribution in [1.29, 1.82) is 0 Å². The molecule has 3 aromatic rings. The zero-order valence-electron chi connectivity index (χ0n) is 13.7. The van der Waals surface area contributed by atoms with Crippen molar-refractivity contribution in [2.75, 3.05) is 17.2 Å². The summed E-state index contributed by atoms with van der Waals surface area (Å²) >= 11 is 5.88. The Hall–Kier alpha value is -2.99. The maximum Gasteiger partial charge on any atom is 0.256 e. The minimum atomic E-state index is -0.307. The van der Waals surface area contributed by atoms with Gasteiger partial charge in [0.25, 0.3) is 5.91 Å². The zero-order chi connectivity index (χ0) is 18.4. The van der Waals surface area contributed by atoms with Crippen LogP contribution in [0.15, 0.2) is 60.7 Å². The number of carbonyl (C=O) groups excluding carboxylic acids is 1. The third-order valence-electron chi connectivity index (χ3n) is 3.63. The van der Waals surface area contributed by atoms with E-state index in [4.69, 9.17) is 11.6 Å². The Morgan fingerprint density at radius 1 is 1.00 bits per heavy atom. The highest BCUT2D eigenvalue weighted by atomic mass is 35.5. The number of aromatic nitrogens is 2. The number of amides is 1. The summed E-state index contributed by atoms with van der Waals surface area (Å²) in [6.45, 7) is 0.633. The van der Waals surface area contributed by atoms with E-state index in [0.717, 1.165) is 12.0 Å². The number of hydrogen-bond acceptors (Lipinski definition) is 4. The van der Waals surface area contributed by atoms with Gasteiger partial charge in [-0.3, -0.25) is 4.79 Å². The Morgan fingerprint density at radius 2 is 1.73 bits per heavy atom. The maximum absolute atomic E-state index is 12.9. The van der Waals surface area contributed by atoms with Gasteiger partial charge < -0.3 is 10.6 Å². The lowest BCUT2D eigenvalue weighted by Gasteiger charge is -2.07. The highest BCUT2D eigenvalue weighted by molar-refractivity contribution is 6.31. The lowest BCUT2D eigenvalue weighted by Crippen LogP contribution is -2.14. The van der Waals surface area contributed by atoms with Gasteiger partial charge in [-0.05, 0) is 54.4 Å². The van der Waals surface area contributed by atoms with E-state index >= 15 is 0 Å². The third-order valence-corrected chi connectivity index (χ3v) is 3.86. The molecule has 0 atom stereocenters. The molecule has 1 heterocycles. The van der Waals surface area contributed by atoms with E-state index in [1.165, 1.54) is 12.1 Å². The molecule has 2 N–H and O–H groups in total. The molecule has 0 spiro atoms. The van der Waals surface area contributed by atoms with Gasteiger partial charge in [0.2, 0.25) is 0 Å². The van der Waals surface area contributed by atoms with Crippen molar-refractivity contribution >= 4 is 29.1 Å². The van der Waals surface area contributed by atoms with Crippen LogP contribution >= 0.6 is 11.6 Å². The molecular formula is C19H16ClFN4O. The largest absolute Gasteiger partial charge is 0.368 e. The Bertz CT molecular complexity index is 885. The van der Waals surface area contributed by atoms with Crippen LogP contribution in [0.3, 0.4) is 0 Å². The molecule has 0 aliphatic rings. The molecule has 0 unspecified atom stereocenters. The molecule has 1 aromatic heterocycles. The van der Waals surface area contributed by atoms with Crippen molar-refractivity contribution in [3.8, 4) is 0 Å². The van der Waals surface area contributed by atoms with Gasteiger partial charge in [0.1, 0.15) is 11.6 Å². The first-order valence-corrected chi connectivity index (χ1v) is 8.37. The van der Waals surface area contributed by atoms with Crippen LogP contribution in [0, 0.1) is 5.82 Å². The number of nitrogens with one attached hydrogen (secondary N) is 2. The SMILES string of the molecule is O=C(Nc1ccc(NCCc2ccc(F)cc2)nn1)c1cccc(Cl)c1. The van der Waals surface area contributed by atoms with E-state index in [9.17, 15) is 9.18 Å². The minimum Gasteiger partial charge on any atom is -0.368 e. The molecule has 0 aliphatic carbocycles. The molecule has 0 radical (unpaired) electrons. The number of rotatable bonds is 6. The summed E-state index contributed by atoms with van der Waals surface area (Å²) in [7, 11) is 0. The molecule has 3 rings (SSSR count). The van der Waals surface area contributed by atoms with Crippen LogP contribution in [0.25, 0.3) is 0 Å². The number of benzene rings is 2. The second-order valence-electron chi connectivity index (χ2n) is 5.57. The Kier molecular flexibility index (Phi) is 5.76. The molecule has 0 aliphatic heterocycles. The highest BCUT2D eigenvalue weighted by Gasteiger charge is 2.07. The van der Waals surface area contributed by atoms with Gasteiger partial charge >= 0.3 is 0 Å². The molecule has 132 valence electrons. The number of halogens is 2. The first kappa shape index (κ1) is 17.8. The van der Waals surface area contributed by atoms with Crippen LogP contribution in [-0.2, 0) is 6.42 Å². The van der Waals surface area contributed by atoms with Crippen molar-refractivity contribution < 1.29 is 9.18 Å². The van der Waals surface area contributed by atoms with E-state index in [0.29, 0.717) is 28.8 Å². The van der Waals surface area contributed by atoms with Crippen molar-refractivity contribution in [2.45, 2.75) is 6.42 Å². The number of nitrogens with zero attached hydrogens (tertiary/aromatic N) is 2. The van der Waals surface area contributed by atoms with Crippen LogP contribution in [0.5, 0.6) is 0 Å². The third kappa shape index (κ3) is 5.00. The second-order valence-corrected chi connectivity index (χ2v) is 6.01. The summed E-state index contributed by atoms with van der Waals surface area (Å²) in [5.74, 6) is 0.383. The summed E-state index contributed by atoms with van der Waals surface area (Å²) in [6.07, 6.45) is 0.731. The summed E-state index contributed by atoms with van der Waals surface area (Å²) < 4.78 is 12.9. The minimum absolute atomic E-state index is 0.247. The average molecular weight is 371 g/mol. The Labute approximate surface area is 155 Å². The van der Waals surface area contributed by atoms with Gasteiger partial charge in [0.15, 0.2) is 5.82 Å². The monoisotopic (exact) mass is 370 g/mol. The number of anilines is 2. The molecule has 0 saturated carbocycles. The fraction of sp³-hybridized carbons (Fsp3) is 0.105. The predicted octanol–water partition coefficient (Wildman–Crippen LogP) is 4.18. The summed E-state index contributed by atoms with van der Waals surface area (Å²) in [5, 5.41) is 14.3. The summed E-state index contributed by atoms with van der Waals surface area (Å²) in [5.41, 5.74) is 1.47. The summed E-state index contributed by atoms with van der Waals surface area (Å²) in [6, 6.07) is 16.4. The van der Waals surface area contributed by atoms with E-state index in [2.05, 4.69) is 20.8 Å². The van der Waals surface area contributed by atoms with E-state index in [-0.39, 0.29) is 11.7 Å². The van der Waals surface area contributed by atoms with Gasteiger partial charge in [0.05, 0.1) is 0 Å². The van der Waals surface area contributed by atoms with Gasteiger partial charge in [-0.2, -0.15) is 0 Å². The molecule has 26 heavy (non-hydrogen) atoms. The Balaban J connectivity index is 1.51. The molecule has 5 nitrogen and oxygen atoms in total. The average Bonchev–Trinajstić information content (AvgIpc) is 2.65. The van der Waals surface area contributed by atoms with Crippen molar-refractivity contribution in [1.82, 2.24) is 10.2 Å². The molecule has 2 aromatic carbocycles. The fourth-order valence-electron chi connectivity index (χ4n) is 2.30. The molecule has 0 saturated heterocycles.